The van der Waals surface area contributed by atoms with Crippen LogP contribution >= 0.6 is 0 Å². The molecule has 2 aliphatic heterocycles. The summed E-state index contributed by atoms with van der Waals surface area (Å²) in [6.45, 7) is 8.05. The molecule has 198 valence electrons. The molecule has 5 atom stereocenters. The maximum atomic E-state index is 14.0. The minimum atomic E-state index is -1.31. The quantitative estimate of drug-likeness (QED) is 0.477. The van der Waals surface area contributed by atoms with Crippen LogP contribution < -0.4 is 15.1 Å². The summed E-state index contributed by atoms with van der Waals surface area (Å²) in [6.07, 6.45) is 3.44. The normalized spacial score (nSPS) is 24.8. The fourth-order valence-corrected chi connectivity index (χ4v) is 6.33. The molecular formula is C27H35FN6O2S. The Balaban J connectivity index is 1.41. The molecule has 3 aromatic rings. The number of halogens is 1. The van der Waals surface area contributed by atoms with Gasteiger partial charge in [-0.25, -0.2) is 14.4 Å². The standard InChI is InChI=1S/C27H35FN6O2S/c1-16(2)19-5-6-23(34-13-18(17(34)3)15-37(4)36)21-12-30-26(11-20(19)21)31-25-7-9-29-27(32-25)33-10-8-24(35)22(28)14-33/h5-7,9,11-12,16-18,22,24,35H,8,10,13-15H2,1-4H3,(H,29,30,31,32)/t17-,18-,22-,24+,37-/m1/s1. The lowest BCUT2D eigenvalue weighted by Gasteiger charge is -2.48. The van der Waals surface area contributed by atoms with Crippen LogP contribution in [0.5, 0.6) is 0 Å². The second-order valence-corrected chi connectivity index (χ2v) is 12.0. The smallest absolute Gasteiger partial charge is 0.227 e. The number of fused-ring (bicyclic) bond motifs is 1. The summed E-state index contributed by atoms with van der Waals surface area (Å²) < 4.78 is 25.8. The lowest BCUT2D eigenvalue weighted by molar-refractivity contribution is 0.0612. The molecule has 2 saturated heterocycles. The van der Waals surface area contributed by atoms with E-state index >= 15 is 0 Å². The summed E-state index contributed by atoms with van der Waals surface area (Å²) in [7, 11) is -0.793. The van der Waals surface area contributed by atoms with E-state index in [2.05, 4.69) is 59.2 Å². The number of hydrogen-bond acceptors (Lipinski definition) is 8. The van der Waals surface area contributed by atoms with E-state index in [1.807, 2.05) is 6.20 Å². The van der Waals surface area contributed by atoms with Crippen molar-refractivity contribution in [2.24, 2.45) is 5.92 Å². The highest BCUT2D eigenvalue weighted by Crippen LogP contribution is 2.39. The average Bonchev–Trinajstić information content (AvgIpc) is 2.87. The SMILES string of the molecule is CC(C)c1ccc(N2C[C@H](C[S@@](C)=O)[C@H]2C)c2cnc(Nc3ccnc(N4CC[C@H](O)[C@H](F)C4)n3)cc12. The van der Waals surface area contributed by atoms with Crippen molar-refractivity contribution in [1.29, 1.82) is 0 Å². The first kappa shape index (κ1) is 25.8. The van der Waals surface area contributed by atoms with Gasteiger partial charge in [0.05, 0.1) is 12.6 Å². The van der Waals surface area contributed by atoms with Gasteiger partial charge < -0.3 is 20.2 Å². The van der Waals surface area contributed by atoms with Gasteiger partial charge in [-0.1, -0.05) is 19.9 Å². The molecule has 0 bridgehead atoms. The fraction of sp³-hybridized carbons (Fsp3) is 0.519. The molecule has 0 amide bonds. The molecule has 1 aromatic carbocycles. The largest absolute Gasteiger partial charge is 0.390 e. The van der Waals surface area contributed by atoms with Crippen LogP contribution in [-0.4, -0.2) is 74.2 Å². The second-order valence-electron chi connectivity index (χ2n) is 10.5. The second kappa shape index (κ2) is 10.5. The molecule has 2 fully saturated rings. The van der Waals surface area contributed by atoms with Crippen LogP contribution in [0.1, 0.15) is 38.7 Å². The van der Waals surface area contributed by atoms with Gasteiger partial charge in [-0.2, -0.15) is 4.98 Å². The van der Waals surface area contributed by atoms with Gasteiger partial charge in [0.1, 0.15) is 17.8 Å². The number of piperidine rings is 1. The summed E-state index contributed by atoms with van der Waals surface area (Å²) in [5.74, 6) is 3.18. The molecule has 0 unspecified atom stereocenters. The number of nitrogens with zero attached hydrogens (tertiary/aromatic N) is 5. The number of aliphatic hydroxyl groups excluding tert-OH is 1. The van der Waals surface area contributed by atoms with E-state index in [-0.39, 0.29) is 6.54 Å². The van der Waals surface area contributed by atoms with E-state index in [1.54, 1.807) is 23.4 Å². The highest BCUT2D eigenvalue weighted by atomic mass is 32.2. The van der Waals surface area contributed by atoms with Crippen LogP contribution in [-0.2, 0) is 10.8 Å². The predicted octanol–water partition coefficient (Wildman–Crippen LogP) is 4.00. The molecule has 4 heterocycles. The zero-order valence-electron chi connectivity index (χ0n) is 21.8. The van der Waals surface area contributed by atoms with Gasteiger partial charge in [0.25, 0.3) is 0 Å². The van der Waals surface area contributed by atoms with Crippen LogP contribution in [0.25, 0.3) is 10.8 Å². The molecule has 8 nitrogen and oxygen atoms in total. The Kier molecular flexibility index (Phi) is 7.31. The number of aliphatic hydroxyl groups is 1. The number of hydrogen-bond donors (Lipinski definition) is 2. The van der Waals surface area contributed by atoms with E-state index in [0.717, 1.165) is 28.8 Å². The van der Waals surface area contributed by atoms with Gasteiger partial charge in [-0.3, -0.25) is 4.21 Å². The number of benzene rings is 1. The van der Waals surface area contributed by atoms with Gasteiger partial charge in [0.2, 0.25) is 5.95 Å². The Bertz CT molecular complexity index is 1310. The number of aromatic nitrogens is 3. The minimum absolute atomic E-state index is 0.0727. The van der Waals surface area contributed by atoms with Gasteiger partial charge >= 0.3 is 0 Å². The molecule has 0 radical (unpaired) electrons. The fourth-order valence-electron chi connectivity index (χ4n) is 5.34. The first-order chi connectivity index (χ1) is 17.7. The highest BCUT2D eigenvalue weighted by Gasteiger charge is 2.37. The van der Waals surface area contributed by atoms with Crippen molar-refractivity contribution >= 4 is 44.8 Å². The molecule has 0 spiro atoms. The summed E-state index contributed by atoms with van der Waals surface area (Å²) >= 11 is 0. The Morgan fingerprint density at radius 1 is 1.19 bits per heavy atom. The van der Waals surface area contributed by atoms with E-state index in [1.165, 1.54) is 5.56 Å². The molecule has 2 aromatic heterocycles. The molecule has 10 heteroatoms. The van der Waals surface area contributed by atoms with Gasteiger partial charge in [-0.05, 0) is 48.4 Å². The van der Waals surface area contributed by atoms with Crippen molar-refractivity contribution in [2.75, 3.05) is 46.8 Å². The molecule has 0 aliphatic carbocycles. The van der Waals surface area contributed by atoms with Gasteiger partial charge in [-0.15, -0.1) is 0 Å². The first-order valence-electron chi connectivity index (χ1n) is 12.9. The summed E-state index contributed by atoms with van der Waals surface area (Å²) in [4.78, 5) is 17.7. The Labute approximate surface area is 219 Å². The monoisotopic (exact) mass is 526 g/mol. The van der Waals surface area contributed by atoms with E-state index < -0.39 is 23.1 Å². The van der Waals surface area contributed by atoms with E-state index in [9.17, 15) is 13.7 Å². The molecule has 2 N–H and O–H groups in total. The van der Waals surface area contributed by atoms with Gasteiger partial charge in [0.15, 0.2) is 0 Å². The predicted molar refractivity (Wildman–Crippen MR) is 148 cm³/mol. The number of rotatable bonds is 7. The minimum Gasteiger partial charge on any atom is -0.390 e. The summed E-state index contributed by atoms with van der Waals surface area (Å²) in [5.41, 5.74) is 2.40. The van der Waals surface area contributed by atoms with Crippen molar-refractivity contribution in [3.8, 4) is 0 Å². The molecule has 5 rings (SSSR count). The van der Waals surface area contributed by atoms with Crippen LogP contribution in [0, 0.1) is 5.92 Å². The number of anilines is 4. The van der Waals surface area contributed by atoms with Crippen LogP contribution in [0.3, 0.4) is 0 Å². The van der Waals surface area contributed by atoms with Crippen molar-refractivity contribution in [2.45, 2.75) is 51.4 Å². The summed E-state index contributed by atoms with van der Waals surface area (Å²) in [5, 5.41) is 15.2. The zero-order chi connectivity index (χ0) is 26.3. The molecule has 37 heavy (non-hydrogen) atoms. The highest BCUT2D eigenvalue weighted by molar-refractivity contribution is 7.84. The summed E-state index contributed by atoms with van der Waals surface area (Å²) in [6, 6.07) is 8.54. The van der Waals surface area contributed by atoms with Crippen LogP contribution in [0.2, 0.25) is 0 Å². The molecular weight excluding hydrogens is 491 g/mol. The third-order valence-electron chi connectivity index (χ3n) is 7.59. The molecule has 0 saturated carbocycles. The lowest BCUT2D eigenvalue weighted by Crippen LogP contribution is -2.56. The topological polar surface area (TPSA) is 94.5 Å². The third-order valence-corrected chi connectivity index (χ3v) is 8.48. The number of nitrogens with one attached hydrogen (secondary N) is 1. The third kappa shape index (κ3) is 5.27. The number of pyridine rings is 1. The Morgan fingerprint density at radius 3 is 2.70 bits per heavy atom. The zero-order valence-corrected chi connectivity index (χ0v) is 22.6. The molecule has 2 aliphatic rings. The first-order valence-corrected chi connectivity index (χ1v) is 14.6. The Hall–Kier alpha value is -2.85. The number of alkyl halides is 1. The van der Waals surface area contributed by atoms with Crippen LogP contribution in [0.15, 0.2) is 36.7 Å². The maximum absolute atomic E-state index is 14.0. The van der Waals surface area contributed by atoms with Gasteiger partial charge in [0, 0.05) is 71.3 Å². The van der Waals surface area contributed by atoms with E-state index in [0.29, 0.717) is 48.4 Å². The van der Waals surface area contributed by atoms with Crippen LogP contribution in [0.4, 0.5) is 27.7 Å². The van der Waals surface area contributed by atoms with Crippen molar-refractivity contribution in [3.05, 3.63) is 42.2 Å². The Morgan fingerprint density at radius 2 is 2.00 bits per heavy atom. The maximum Gasteiger partial charge on any atom is 0.227 e. The lowest BCUT2D eigenvalue weighted by atomic mass is 9.88. The van der Waals surface area contributed by atoms with Crippen molar-refractivity contribution in [1.82, 2.24) is 15.0 Å². The van der Waals surface area contributed by atoms with Crippen molar-refractivity contribution < 1.29 is 13.7 Å². The van der Waals surface area contributed by atoms with E-state index in [4.69, 9.17) is 4.98 Å². The van der Waals surface area contributed by atoms with Crippen molar-refractivity contribution in [3.63, 3.8) is 0 Å². The average molecular weight is 527 g/mol.